The number of carbonyl (C=O) groups is 1. The summed E-state index contributed by atoms with van der Waals surface area (Å²) in [6.45, 7) is 3.01. The van der Waals surface area contributed by atoms with Crippen molar-refractivity contribution in [3.05, 3.63) is 36.0 Å². The van der Waals surface area contributed by atoms with Crippen molar-refractivity contribution in [2.75, 3.05) is 0 Å². The Balaban J connectivity index is 2.14. The third kappa shape index (κ3) is 3.70. The molecule has 0 saturated heterocycles. The van der Waals surface area contributed by atoms with Crippen LogP contribution in [0.4, 0.5) is 0 Å². The number of nitrogens with zero attached hydrogens (tertiary/aromatic N) is 2. The minimum Gasteiger partial charge on any atom is -0.480 e. The summed E-state index contributed by atoms with van der Waals surface area (Å²) in [5, 5.41) is 12.3. The van der Waals surface area contributed by atoms with Crippen molar-refractivity contribution in [2.45, 2.75) is 31.3 Å². The molecule has 8 nitrogen and oxygen atoms in total. The molecule has 2 aromatic heterocycles. The predicted molar refractivity (Wildman–Crippen MR) is 72.0 cm³/mol. The van der Waals surface area contributed by atoms with Crippen LogP contribution >= 0.6 is 0 Å². The predicted octanol–water partition coefficient (Wildman–Crippen LogP) is 0.909. The molecule has 2 heterocycles. The van der Waals surface area contributed by atoms with Crippen molar-refractivity contribution < 1.29 is 22.7 Å². The Labute approximate surface area is 121 Å². The van der Waals surface area contributed by atoms with E-state index in [4.69, 9.17) is 9.52 Å². The molecular formula is C12H15N3O5S. The zero-order valence-electron chi connectivity index (χ0n) is 11.5. The molecule has 2 rings (SSSR count). The highest BCUT2D eigenvalue weighted by Crippen LogP contribution is 2.18. The monoisotopic (exact) mass is 313 g/mol. The first kappa shape index (κ1) is 15.3. The number of sulfonamides is 1. The highest BCUT2D eigenvalue weighted by Gasteiger charge is 2.22. The average molecular weight is 313 g/mol. The number of nitrogens with one attached hydrogen (secondary N) is 1. The number of aryl methyl sites for hydroxylation is 1. The quantitative estimate of drug-likeness (QED) is 0.819. The minimum absolute atomic E-state index is 0.0983. The van der Waals surface area contributed by atoms with Gasteiger partial charge < -0.3 is 9.52 Å². The number of hydrogen-bond donors (Lipinski definition) is 2. The third-order valence-electron chi connectivity index (χ3n) is 2.74. The minimum atomic E-state index is -3.80. The Morgan fingerprint density at radius 1 is 1.52 bits per heavy atom. The maximum atomic E-state index is 12.2. The summed E-state index contributed by atoms with van der Waals surface area (Å²) in [5.74, 6) is 0.0776. The van der Waals surface area contributed by atoms with Gasteiger partial charge in [-0.2, -0.15) is 5.10 Å². The van der Waals surface area contributed by atoms with Gasteiger partial charge in [-0.25, -0.2) is 13.1 Å². The number of rotatable bonds is 6. The number of carboxylic acids is 1. The Morgan fingerprint density at radius 2 is 2.24 bits per heavy atom. The lowest BCUT2D eigenvalue weighted by Crippen LogP contribution is -2.26. The molecule has 0 saturated carbocycles. The van der Waals surface area contributed by atoms with Crippen molar-refractivity contribution >= 4 is 16.0 Å². The van der Waals surface area contributed by atoms with E-state index >= 15 is 0 Å². The van der Waals surface area contributed by atoms with Crippen LogP contribution in [0.2, 0.25) is 0 Å². The number of furan rings is 1. The van der Waals surface area contributed by atoms with Crippen LogP contribution in [0, 0.1) is 6.92 Å². The molecule has 114 valence electrons. The molecule has 9 heteroatoms. The van der Waals surface area contributed by atoms with Crippen molar-refractivity contribution in [1.29, 1.82) is 0 Å². The largest absolute Gasteiger partial charge is 0.480 e. The summed E-state index contributed by atoms with van der Waals surface area (Å²) in [5.41, 5.74) is 0. The topological polar surface area (TPSA) is 114 Å². The maximum absolute atomic E-state index is 12.2. The van der Waals surface area contributed by atoms with Crippen molar-refractivity contribution in [2.24, 2.45) is 0 Å². The molecule has 0 fully saturated rings. The SMILES string of the molecule is Cc1ccc(C(C)NS(=O)(=O)c2cnn(CC(=O)O)c2)o1. The molecule has 1 unspecified atom stereocenters. The Kier molecular flexibility index (Phi) is 4.14. The van der Waals surface area contributed by atoms with E-state index in [2.05, 4.69) is 9.82 Å². The molecule has 0 aliphatic rings. The molecule has 0 spiro atoms. The first-order valence-corrected chi connectivity index (χ1v) is 7.59. The van der Waals surface area contributed by atoms with Gasteiger partial charge in [-0.1, -0.05) is 0 Å². The van der Waals surface area contributed by atoms with E-state index < -0.39 is 28.6 Å². The van der Waals surface area contributed by atoms with Crippen LogP contribution < -0.4 is 4.72 Å². The third-order valence-corrected chi connectivity index (χ3v) is 4.23. The van der Waals surface area contributed by atoms with E-state index in [0.29, 0.717) is 11.5 Å². The number of aliphatic carboxylic acids is 1. The highest BCUT2D eigenvalue weighted by molar-refractivity contribution is 7.89. The summed E-state index contributed by atoms with van der Waals surface area (Å²) >= 11 is 0. The number of hydrogen-bond acceptors (Lipinski definition) is 5. The zero-order valence-corrected chi connectivity index (χ0v) is 12.3. The van der Waals surface area contributed by atoms with E-state index in [0.717, 1.165) is 17.1 Å². The van der Waals surface area contributed by atoms with Crippen LogP contribution in [0.5, 0.6) is 0 Å². The molecule has 0 amide bonds. The normalized spacial score (nSPS) is 13.2. The van der Waals surface area contributed by atoms with E-state index in [1.165, 1.54) is 0 Å². The molecule has 0 radical (unpaired) electrons. The van der Waals surface area contributed by atoms with Crippen LogP contribution in [0.1, 0.15) is 24.5 Å². The lowest BCUT2D eigenvalue weighted by Gasteiger charge is -2.10. The molecule has 2 aromatic rings. The van der Waals surface area contributed by atoms with Gasteiger partial charge in [0, 0.05) is 6.20 Å². The molecule has 21 heavy (non-hydrogen) atoms. The molecular weight excluding hydrogens is 298 g/mol. The lowest BCUT2D eigenvalue weighted by molar-refractivity contribution is -0.137. The van der Waals surface area contributed by atoms with Crippen molar-refractivity contribution in [1.82, 2.24) is 14.5 Å². The first-order valence-electron chi connectivity index (χ1n) is 6.11. The molecule has 0 aromatic carbocycles. The second kappa shape index (κ2) is 5.70. The van der Waals surface area contributed by atoms with Gasteiger partial charge in [-0.3, -0.25) is 9.48 Å². The van der Waals surface area contributed by atoms with Gasteiger partial charge in [0.25, 0.3) is 0 Å². The summed E-state index contributed by atoms with van der Waals surface area (Å²) in [6.07, 6.45) is 2.27. The zero-order chi connectivity index (χ0) is 15.6. The molecule has 0 bridgehead atoms. The summed E-state index contributed by atoms with van der Waals surface area (Å²) in [6, 6.07) is 2.88. The Morgan fingerprint density at radius 3 is 2.81 bits per heavy atom. The van der Waals surface area contributed by atoms with E-state index in [1.807, 2.05) is 0 Å². The van der Waals surface area contributed by atoms with Crippen LogP contribution in [-0.2, 0) is 21.4 Å². The van der Waals surface area contributed by atoms with Crippen LogP contribution in [-0.4, -0.2) is 29.3 Å². The molecule has 0 aliphatic heterocycles. The molecule has 0 aliphatic carbocycles. The average Bonchev–Trinajstić information content (AvgIpc) is 2.97. The second-order valence-corrected chi connectivity index (χ2v) is 6.27. The Bertz CT molecular complexity index is 747. The smallest absolute Gasteiger partial charge is 0.325 e. The van der Waals surface area contributed by atoms with Gasteiger partial charge in [-0.05, 0) is 26.0 Å². The second-order valence-electron chi connectivity index (χ2n) is 4.56. The maximum Gasteiger partial charge on any atom is 0.325 e. The van der Waals surface area contributed by atoms with Crippen LogP contribution in [0.15, 0.2) is 33.8 Å². The van der Waals surface area contributed by atoms with Crippen molar-refractivity contribution in [3.63, 3.8) is 0 Å². The van der Waals surface area contributed by atoms with E-state index in [-0.39, 0.29) is 4.90 Å². The summed E-state index contributed by atoms with van der Waals surface area (Å²) in [7, 11) is -3.80. The van der Waals surface area contributed by atoms with Gasteiger partial charge in [-0.15, -0.1) is 0 Å². The van der Waals surface area contributed by atoms with Crippen molar-refractivity contribution in [3.8, 4) is 0 Å². The number of aromatic nitrogens is 2. The van der Waals surface area contributed by atoms with Crippen LogP contribution in [0.3, 0.4) is 0 Å². The Hall–Kier alpha value is -2.13. The van der Waals surface area contributed by atoms with Gasteiger partial charge >= 0.3 is 5.97 Å². The fourth-order valence-corrected chi connectivity index (χ4v) is 2.92. The summed E-state index contributed by atoms with van der Waals surface area (Å²) in [4.78, 5) is 10.5. The van der Waals surface area contributed by atoms with E-state index in [9.17, 15) is 13.2 Å². The van der Waals surface area contributed by atoms with Gasteiger partial charge in [0.05, 0.1) is 12.2 Å². The van der Waals surface area contributed by atoms with Gasteiger partial charge in [0.2, 0.25) is 10.0 Å². The molecule has 1 atom stereocenters. The number of carboxylic acid groups (broad SMARTS) is 1. The van der Waals surface area contributed by atoms with Gasteiger partial charge in [0.15, 0.2) is 0 Å². The first-order chi connectivity index (χ1) is 9.78. The van der Waals surface area contributed by atoms with Crippen LogP contribution in [0.25, 0.3) is 0 Å². The lowest BCUT2D eigenvalue weighted by atomic mass is 10.3. The molecule has 2 N–H and O–H groups in total. The van der Waals surface area contributed by atoms with E-state index in [1.54, 1.807) is 26.0 Å². The van der Waals surface area contributed by atoms with Gasteiger partial charge in [0.1, 0.15) is 23.0 Å². The highest BCUT2D eigenvalue weighted by atomic mass is 32.2. The fourth-order valence-electron chi connectivity index (χ4n) is 1.75. The standard InChI is InChI=1S/C12H15N3O5S/c1-8-3-4-11(20-8)9(2)14-21(18,19)10-5-13-15(6-10)7-12(16)17/h3-6,9,14H,7H2,1-2H3,(H,16,17). The fraction of sp³-hybridized carbons (Fsp3) is 0.333. The summed E-state index contributed by atoms with van der Waals surface area (Å²) < 4.78 is 33.2.